The Morgan fingerprint density at radius 3 is 2.38 bits per heavy atom. The van der Waals surface area contributed by atoms with Crippen molar-refractivity contribution in [1.82, 2.24) is 0 Å². The van der Waals surface area contributed by atoms with Crippen LogP contribution in [-0.2, 0) is 9.53 Å². The van der Waals surface area contributed by atoms with Gasteiger partial charge < -0.3 is 4.74 Å². The maximum absolute atomic E-state index is 10.5. The second-order valence-electron chi connectivity index (χ2n) is 1.90. The standard InChI is InChI=1S/C11H10O2/c1-3-4-5-6-7-8-9-10-11(12)13-2/h3-4,9-10H,1-2H3/b4-3+,10-9-. The van der Waals surface area contributed by atoms with Crippen LogP contribution in [0.25, 0.3) is 0 Å². The van der Waals surface area contributed by atoms with E-state index in [1.54, 1.807) is 6.08 Å². The average Bonchev–Trinajstić information content (AvgIpc) is 2.16. The van der Waals surface area contributed by atoms with Crippen LogP contribution in [-0.4, -0.2) is 13.1 Å². The largest absolute Gasteiger partial charge is 0.466 e. The molecule has 0 N–H and O–H groups in total. The second-order valence-corrected chi connectivity index (χ2v) is 1.90. The van der Waals surface area contributed by atoms with Gasteiger partial charge in [0.05, 0.1) is 7.11 Å². The lowest BCUT2D eigenvalue weighted by Gasteiger charge is -1.84. The first kappa shape index (κ1) is 11.1. The van der Waals surface area contributed by atoms with Crippen molar-refractivity contribution in [2.75, 3.05) is 7.11 Å². The minimum atomic E-state index is -0.421. The number of hydrogen-bond donors (Lipinski definition) is 0. The number of rotatable bonds is 1. The lowest BCUT2D eigenvalue weighted by molar-refractivity contribution is -0.134. The quantitative estimate of drug-likeness (QED) is 0.340. The van der Waals surface area contributed by atoms with E-state index in [1.165, 1.54) is 19.3 Å². The highest BCUT2D eigenvalue weighted by Gasteiger charge is 1.85. The Morgan fingerprint density at radius 1 is 1.23 bits per heavy atom. The number of carbonyl (C=O) groups is 1. The third-order valence-corrected chi connectivity index (χ3v) is 0.961. The molecule has 0 aromatic rings. The molecule has 0 unspecified atom stereocenters. The van der Waals surface area contributed by atoms with Crippen LogP contribution in [0.1, 0.15) is 6.92 Å². The normalized spacial score (nSPS) is 8.77. The third kappa shape index (κ3) is 7.97. The zero-order chi connectivity index (χ0) is 9.94. The molecule has 0 aliphatic carbocycles. The number of ether oxygens (including phenoxy) is 1. The van der Waals surface area contributed by atoms with E-state index in [0.717, 1.165) is 0 Å². The summed E-state index contributed by atoms with van der Waals surface area (Å²) >= 11 is 0. The predicted octanol–water partition coefficient (Wildman–Crippen LogP) is 1.30. The number of carbonyl (C=O) groups excluding carboxylic acids is 1. The number of allylic oxidation sites excluding steroid dienone is 3. The molecule has 0 heterocycles. The topological polar surface area (TPSA) is 26.3 Å². The highest BCUT2D eigenvalue weighted by Crippen LogP contribution is 1.75. The van der Waals surface area contributed by atoms with Crippen LogP contribution in [0.3, 0.4) is 0 Å². The molecule has 0 aromatic carbocycles. The van der Waals surface area contributed by atoms with Crippen molar-refractivity contribution < 1.29 is 9.53 Å². The van der Waals surface area contributed by atoms with E-state index in [2.05, 4.69) is 28.4 Å². The van der Waals surface area contributed by atoms with Crippen molar-refractivity contribution in [2.45, 2.75) is 6.92 Å². The first-order valence-electron chi connectivity index (χ1n) is 3.68. The smallest absolute Gasteiger partial charge is 0.331 e. The second kappa shape index (κ2) is 8.17. The summed E-state index contributed by atoms with van der Waals surface area (Å²) in [5, 5.41) is 0. The molecule has 0 aliphatic heterocycles. The van der Waals surface area contributed by atoms with Crippen molar-refractivity contribution in [3.05, 3.63) is 24.3 Å². The van der Waals surface area contributed by atoms with Crippen LogP contribution in [0.4, 0.5) is 0 Å². The average molecular weight is 174 g/mol. The van der Waals surface area contributed by atoms with Crippen molar-refractivity contribution in [3.8, 4) is 23.7 Å². The molecule has 0 rings (SSSR count). The molecule has 13 heavy (non-hydrogen) atoms. The molecule has 0 aliphatic rings. The highest BCUT2D eigenvalue weighted by atomic mass is 16.5. The summed E-state index contributed by atoms with van der Waals surface area (Å²) in [5.74, 6) is 9.95. The van der Waals surface area contributed by atoms with E-state index in [-0.39, 0.29) is 0 Å². The maximum Gasteiger partial charge on any atom is 0.331 e. The summed E-state index contributed by atoms with van der Waals surface area (Å²) in [5.41, 5.74) is 0. The monoisotopic (exact) mass is 174 g/mol. The minimum Gasteiger partial charge on any atom is -0.466 e. The Kier molecular flexibility index (Phi) is 6.96. The van der Waals surface area contributed by atoms with Gasteiger partial charge in [0.2, 0.25) is 0 Å². The van der Waals surface area contributed by atoms with E-state index in [9.17, 15) is 4.79 Å². The molecule has 0 atom stereocenters. The van der Waals surface area contributed by atoms with E-state index in [0.29, 0.717) is 0 Å². The Morgan fingerprint density at radius 2 is 1.85 bits per heavy atom. The Bertz CT molecular complexity index is 327. The molecule has 0 bridgehead atoms. The highest BCUT2D eigenvalue weighted by molar-refractivity contribution is 5.82. The van der Waals surface area contributed by atoms with Gasteiger partial charge >= 0.3 is 5.97 Å². The summed E-state index contributed by atoms with van der Waals surface area (Å²) in [6.45, 7) is 1.87. The Hall–Kier alpha value is -1.93. The molecule has 0 amide bonds. The third-order valence-electron chi connectivity index (χ3n) is 0.961. The first-order valence-corrected chi connectivity index (χ1v) is 3.68. The number of hydrogen-bond acceptors (Lipinski definition) is 2. The molecule has 2 nitrogen and oxygen atoms in total. The van der Waals surface area contributed by atoms with E-state index in [4.69, 9.17) is 0 Å². The van der Waals surface area contributed by atoms with Gasteiger partial charge in [-0.1, -0.05) is 17.9 Å². The van der Waals surface area contributed by atoms with Gasteiger partial charge in [-0.3, -0.25) is 0 Å². The fourth-order valence-corrected chi connectivity index (χ4v) is 0.417. The lowest BCUT2D eigenvalue weighted by atomic mass is 10.4. The van der Waals surface area contributed by atoms with Crippen LogP contribution < -0.4 is 0 Å². The molecule has 0 radical (unpaired) electrons. The zero-order valence-corrected chi connectivity index (χ0v) is 7.63. The van der Waals surface area contributed by atoms with Crippen molar-refractivity contribution >= 4 is 5.97 Å². The van der Waals surface area contributed by atoms with Crippen molar-refractivity contribution in [3.63, 3.8) is 0 Å². The van der Waals surface area contributed by atoms with Gasteiger partial charge in [-0.2, -0.15) is 0 Å². The van der Waals surface area contributed by atoms with Gasteiger partial charge in [0.15, 0.2) is 0 Å². The Balaban J connectivity index is 3.95. The number of methoxy groups -OCH3 is 1. The SMILES string of the molecule is C/C=C/C#CC#C/C=C\C(=O)OC. The first-order chi connectivity index (χ1) is 6.31. The van der Waals surface area contributed by atoms with E-state index >= 15 is 0 Å². The van der Waals surface area contributed by atoms with Crippen molar-refractivity contribution in [1.29, 1.82) is 0 Å². The van der Waals surface area contributed by atoms with Gasteiger partial charge in [0.1, 0.15) is 0 Å². The molecular formula is C11H10O2. The maximum atomic E-state index is 10.5. The van der Waals surface area contributed by atoms with Crippen LogP contribution in [0, 0.1) is 23.7 Å². The van der Waals surface area contributed by atoms with Crippen molar-refractivity contribution in [2.24, 2.45) is 0 Å². The summed E-state index contributed by atoms with van der Waals surface area (Å²) in [6.07, 6.45) is 6.15. The van der Waals surface area contributed by atoms with Crippen LogP contribution in [0.15, 0.2) is 24.3 Å². The fourth-order valence-electron chi connectivity index (χ4n) is 0.417. The van der Waals surface area contributed by atoms with E-state index in [1.807, 2.05) is 13.0 Å². The zero-order valence-electron chi connectivity index (χ0n) is 7.63. The molecule has 0 saturated heterocycles. The Labute approximate surface area is 78.3 Å². The van der Waals surface area contributed by atoms with Crippen LogP contribution in [0.2, 0.25) is 0 Å². The molecule has 0 spiro atoms. The molecule has 66 valence electrons. The van der Waals surface area contributed by atoms with Crippen LogP contribution >= 0.6 is 0 Å². The van der Waals surface area contributed by atoms with Gasteiger partial charge in [0.25, 0.3) is 0 Å². The molecular weight excluding hydrogens is 164 g/mol. The summed E-state index contributed by atoms with van der Waals surface area (Å²) < 4.78 is 4.35. The summed E-state index contributed by atoms with van der Waals surface area (Å²) in [7, 11) is 1.31. The molecule has 0 saturated carbocycles. The molecule has 2 heteroatoms. The lowest BCUT2D eigenvalue weighted by Crippen LogP contribution is -1.92. The van der Waals surface area contributed by atoms with E-state index < -0.39 is 5.97 Å². The molecule has 0 aromatic heterocycles. The van der Waals surface area contributed by atoms with Gasteiger partial charge in [-0.25, -0.2) is 4.79 Å². The predicted molar refractivity (Wildman–Crippen MR) is 51.5 cm³/mol. The summed E-state index contributed by atoms with van der Waals surface area (Å²) in [6, 6.07) is 0. The van der Waals surface area contributed by atoms with Gasteiger partial charge in [-0.05, 0) is 30.9 Å². The minimum absolute atomic E-state index is 0.421. The van der Waals surface area contributed by atoms with Gasteiger partial charge in [0, 0.05) is 6.08 Å². The number of esters is 1. The summed E-state index contributed by atoms with van der Waals surface area (Å²) in [4.78, 5) is 10.5. The van der Waals surface area contributed by atoms with Crippen LogP contribution in [0.5, 0.6) is 0 Å². The van der Waals surface area contributed by atoms with Gasteiger partial charge in [-0.15, -0.1) is 0 Å². The fraction of sp³-hybridized carbons (Fsp3) is 0.182. The molecule has 0 fully saturated rings.